The molecule has 4 N–H and O–H groups in total. The van der Waals surface area contributed by atoms with Crippen LogP contribution in [0.15, 0.2) is 115 Å². The van der Waals surface area contributed by atoms with E-state index in [4.69, 9.17) is 10.2 Å². The van der Waals surface area contributed by atoms with Gasteiger partial charge in [-0.1, -0.05) is 60.7 Å². The first-order valence-electron chi connectivity index (χ1n) is 12.3. The van der Waals surface area contributed by atoms with Gasteiger partial charge in [0.05, 0.1) is 0 Å². The minimum atomic E-state index is -1.21. The number of benzene rings is 4. The lowest BCUT2D eigenvalue weighted by atomic mass is 9.70. The Morgan fingerprint density at radius 3 is 1.45 bits per heavy atom. The van der Waals surface area contributed by atoms with Crippen LogP contribution in [-0.2, 0) is 24.6 Å². The Kier molecular flexibility index (Phi) is 8.20. The van der Waals surface area contributed by atoms with E-state index in [1.807, 2.05) is 48.5 Å². The molecule has 0 radical (unpaired) electrons. The third-order valence-corrected chi connectivity index (χ3v) is 6.54. The second kappa shape index (κ2) is 11.9. The third-order valence-electron chi connectivity index (χ3n) is 6.54. The largest absolute Gasteiger partial charge is 0.478 e. The van der Waals surface area contributed by atoms with E-state index >= 15 is 0 Å². The smallest absolute Gasteiger partial charge is 0.328 e. The van der Waals surface area contributed by atoms with Crippen molar-refractivity contribution in [3.63, 3.8) is 0 Å². The van der Waals surface area contributed by atoms with Crippen LogP contribution in [0.2, 0.25) is 0 Å². The van der Waals surface area contributed by atoms with Crippen molar-refractivity contribution in [2.45, 2.75) is 12.3 Å². The average Bonchev–Trinajstić information content (AvgIpc) is 2.95. The van der Waals surface area contributed by atoms with Crippen molar-refractivity contribution in [3.05, 3.63) is 132 Å². The van der Waals surface area contributed by atoms with Gasteiger partial charge in [0.15, 0.2) is 0 Å². The highest BCUT2D eigenvalue weighted by Crippen LogP contribution is 2.40. The van der Waals surface area contributed by atoms with Crippen molar-refractivity contribution in [2.75, 3.05) is 10.6 Å². The lowest BCUT2D eigenvalue weighted by molar-refractivity contribution is -0.132. The van der Waals surface area contributed by atoms with Crippen LogP contribution in [0.3, 0.4) is 0 Å². The Balaban J connectivity index is 1.71. The molecule has 0 saturated carbocycles. The molecule has 8 heteroatoms. The van der Waals surface area contributed by atoms with E-state index in [2.05, 4.69) is 35.8 Å². The summed E-state index contributed by atoms with van der Waals surface area (Å²) in [7, 11) is 0. The summed E-state index contributed by atoms with van der Waals surface area (Å²) in [4.78, 5) is 45.4. The van der Waals surface area contributed by atoms with E-state index in [1.165, 1.54) is 0 Å². The van der Waals surface area contributed by atoms with Crippen molar-refractivity contribution < 1.29 is 29.4 Å². The summed E-state index contributed by atoms with van der Waals surface area (Å²) in [6, 6.07) is 28.9. The number of carbonyl (C=O) groups excluding carboxylic acids is 2. The van der Waals surface area contributed by atoms with Crippen LogP contribution in [0.4, 0.5) is 11.4 Å². The van der Waals surface area contributed by atoms with Crippen molar-refractivity contribution in [2.24, 2.45) is 0 Å². The molecule has 4 aromatic rings. The fourth-order valence-electron chi connectivity index (χ4n) is 4.44. The molecule has 0 bridgehead atoms. The number of hydrogen-bond acceptors (Lipinski definition) is 4. The van der Waals surface area contributed by atoms with Crippen LogP contribution < -0.4 is 10.6 Å². The van der Waals surface area contributed by atoms with Crippen molar-refractivity contribution in [1.82, 2.24) is 0 Å². The topological polar surface area (TPSA) is 133 Å². The summed E-state index contributed by atoms with van der Waals surface area (Å²) in [6.45, 7) is 2.09. The first-order chi connectivity index (χ1) is 19.1. The highest BCUT2D eigenvalue weighted by Gasteiger charge is 2.31. The molecule has 0 aliphatic heterocycles. The summed E-state index contributed by atoms with van der Waals surface area (Å²) in [5, 5.41) is 24.9. The van der Waals surface area contributed by atoms with Gasteiger partial charge in [-0.15, -0.1) is 0 Å². The van der Waals surface area contributed by atoms with E-state index in [1.54, 1.807) is 24.3 Å². The Morgan fingerprint density at radius 1 is 0.575 bits per heavy atom. The van der Waals surface area contributed by atoms with Crippen LogP contribution >= 0.6 is 0 Å². The monoisotopic (exact) mass is 534 g/mol. The molecule has 0 aromatic heterocycles. The van der Waals surface area contributed by atoms with Gasteiger partial charge in [0.25, 0.3) is 0 Å². The second-order valence-corrected chi connectivity index (χ2v) is 9.16. The molecule has 40 heavy (non-hydrogen) atoms. The Hall–Kier alpha value is -5.50. The zero-order valence-electron chi connectivity index (χ0n) is 21.5. The molecule has 200 valence electrons. The van der Waals surface area contributed by atoms with Crippen LogP contribution in [0.5, 0.6) is 0 Å². The molecule has 0 aliphatic carbocycles. The van der Waals surface area contributed by atoms with Gasteiger partial charge in [0.1, 0.15) is 0 Å². The van der Waals surface area contributed by atoms with Gasteiger partial charge < -0.3 is 20.8 Å². The summed E-state index contributed by atoms with van der Waals surface area (Å²) in [5.41, 5.74) is 3.27. The minimum absolute atomic E-state index is 0.511. The Morgan fingerprint density at radius 2 is 1.00 bits per heavy atom. The number of carboxylic acid groups (broad SMARTS) is 2. The van der Waals surface area contributed by atoms with Gasteiger partial charge in [0, 0.05) is 41.1 Å². The number of carboxylic acids is 2. The molecule has 8 nitrogen and oxygen atoms in total. The second-order valence-electron chi connectivity index (χ2n) is 9.16. The summed E-state index contributed by atoms with van der Waals surface area (Å²) in [5.74, 6) is -3.52. The van der Waals surface area contributed by atoms with Crippen LogP contribution in [0.1, 0.15) is 23.6 Å². The SMILES string of the molecule is CC(c1ccc(NC(=O)/C=C/C(=O)O)cc1)(c1ccc(NC(=O)/C=C/C(=O)O)cc1)c1ccc2ccccc2c1. The van der Waals surface area contributed by atoms with Crippen LogP contribution in [0.25, 0.3) is 10.8 Å². The zero-order chi connectivity index (χ0) is 28.7. The summed E-state index contributed by atoms with van der Waals surface area (Å²) < 4.78 is 0. The van der Waals surface area contributed by atoms with Crippen LogP contribution in [0, 0.1) is 0 Å². The predicted molar refractivity (Wildman–Crippen MR) is 153 cm³/mol. The Bertz CT molecular complexity index is 1560. The molecular weight excluding hydrogens is 508 g/mol. The van der Waals surface area contributed by atoms with Gasteiger partial charge in [-0.05, 0) is 64.7 Å². The van der Waals surface area contributed by atoms with E-state index in [0.29, 0.717) is 11.4 Å². The van der Waals surface area contributed by atoms with Crippen molar-refractivity contribution in [3.8, 4) is 0 Å². The number of amides is 2. The lowest BCUT2D eigenvalue weighted by Gasteiger charge is -2.32. The third kappa shape index (κ3) is 6.49. The molecule has 0 heterocycles. The van der Waals surface area contributed by atoms with E-state index in [0.717, 1.165) is 51.8 Å². The fourth-order valence-corrected chi connectivity index (χ4v) is 4.44. The van der Waals surface area contributed by atoms with Crippen LogP contribution in [-0.4, -0.2) is 34.0 Å². The molecular formula is C32H26N2O6. The maximum atomic E-state index is 12.0. The van der Waals surface area contributed by atoms with E-state index in [9.17, 15) is 19.2 Å². The van der Waals surface area contributed by atoms with Crippen molar-refractivity contribution >= 4 is 45.9 Å². The summed E-state index contributed by atoms with van der Waals surface area (Å²) in [6.07, 6.45) is 3.45. The number of hydrogen-bond donors (Lipinski definition) is 4. The highest BCUT2D eigenvalue weighted by molar-refractivity contribution is 6.03. The quantitative estimate of drug-likeness (QED) is 0.169. The fraction of sp³-hybridized carbons (Fsp3) is 0.0625. The van der Waals surface area contributed by atoms with E-state index < -0.39 is 29.2 Å². The molecule has 4 aromatic carbocycles. The molecule has 0 fully saturated rings. The minimum Gasteiger partial charge on any atom is -0.478 e. The highest BCUT2D eigenvalue weighted by atomic mass is 16.4. The number of carbonyl (C=O) groups is 4. The molecule has 0 atom stereocenters. The molecule has 0 unspecified atom stereocenters. The number of rotatable bonds is 9. The normalized spacial score (nSPS) is 11.5. The number of nitrogens with one attached hydrogen (secondary N) is 2. The van der Waals surface area contributed by atoms with Crippen molar-refractivity contribution in [1.29, 1.82) is 0 Å². The average molecular weight is 535 g/mol. The maximum absolute atomic E-state index is 12.0. The standard InChI is InChI=1S/C32H26N2O6/c1-32(25-7-6-21-4-2-3-5-22(21)20-25,23-8-12-26(13-9-23)33-28(35)16-18-30(37)38)24-10-14-27(15-11-24)34-29(36)17-19-31(39)40/h2-20H,1H3,(H,33,35)(H,34,36)(H,37,38)(H,39,40)/b18-16+,19-17+. The van der Waals surface area contributed by atoms with Gasteiger partial charge in [-0.3, -0.25) is 9.59 Å². The lowest BCUT2D eigenvalue weighted by Crippen LogP contribution is -2.25. The number of fused-ring (bicyclic) bond motifs is 1. The molecule has 0 aliphatic rings. The summed E-state index contributed by atoms with van der Waals surface area (Å²) >= 11 is 0. The van der Waals surface area contributed by atoms with Gasteiger partial charge >= 0.3 is 11.9 Å². The Labute approximate surface area is 230 Å². The van der Waals surface area contributed by atoms with Gasteiger partial charge in [-0.25, -0.2) is 9.59 Å². The molecule has 0 saturated heterocycles. The van der Waals surface area contributed by atoms with E-state index in [-0.39, 0.29) is 0 Å². The maximum Gasteiger partial charge on any atom is 0.328 e. The number of anilines is 2. The molecule has 0 spiro atoms. The van der Waals surface area contributed by atoms with Gasteiger partial charge in [0.2, 0.25) is 11.8 Å². The van der Waals surface area contributed by atoms with Gasteiger partial charge in [-0.2, -0.15) is 0 Å². The molecule has 4 rings (SSSR count). The zero-order valence-corrected chi connectivity index (χ0v) is 21.5. The first-order valence-corrected chi connectivity index (χ1v) is 12.3. The predicted octanol–water partition coefficient (Wildman–Crippen LogP) is 5.35. The molecule has 2 amide bonds. The number of aliphatic carboxylic acids is 2. The first kappa shape index (κ1) is 27.5.